The van der Waals surface area contributed by atoms with Crippen LogP contribution in [0.4, 0.5) is 8.78 Å². The largest absolute Gasteiger partial charge is 0.461 e. The van der Waals surface area contributed by atoms with E-state index in [9.17, 15) is 18.4 Å². The van der Waals surface area contributed by atoms with E-state index in [4.69, 9.17) is 33.7 Å². The van der Waals surface area contributed by atoms with Crippen LogP contribution in [0.25, 0.3) is 0 Å². The van der Waals surface area contributed by atoms with Crippen molar-refractivity contribution < 1.29 is 23.1 Å². The van der Waals surface area contributed by atoms with Crippen molar-refractivity contribution in [3.8, 4) is 0 Å². The third kappa shape index (κ3) is 4.28. The van der Waals surface area contributed by atoms with Crippen LogP contribution >= 0.6 is 23.2 Å². The zero-order chi connectivity index (χ0) is 22.0. The van der Waals surface area contributed by atoms with Gasteiger partial charge in [-0.3, -0.25) is 9.48 Å². The van der Waals surface area contributed by atoms with Gasteiger partial charge in [-0.1, -0.05) is 23.2 Å². The van der Waals surface area contributed by atoms with E-state index in [2.05, 4.69) is 5.10 Å². The molecule has 0 fully saturated rings. The molecule has 0 radical (unpaired) electrons. The summed E-state index contributed by atoms with van der Waals surface area (Å²) in [6.07, 6.45) is -3.01. The number of ether oxygens (including phenoxy) is 1. The van der Waals surface area contributed by atoms with Crippen LogP contribution in [0.5, 0.6) is 0 Å². The number of alkyl halides is 2. The van der Waals surface area contributed by atoms with Crippen molar-refractivity contribution in [2.45, 2.75) is 38.9 Å². The molecule has 3 rings (SSSR count). The van der Waals surface area contributed by atoms with Gasteiger partial charge in [0.2, 0.25) is 0 Å². The second-order valence-corrected chi connectivity index (χ2v) is 7.49. The molecule has 7 nitrogen and oxygen atoms in total. The highest BCUT2D eigenvalue weighted by Crippen LogP contribution is 2.31. The number of esters is 1. The predicted molar refractivity (Wildman–Crippen MR) is 107 cm³/mol. The lowest BCUT2D eigenvalue weighted by atomic mass is 9.97. The van der Waals surface area contributed by atoms with Gasteiger partial charge in [0, 0.05) is 24.1 Å². The number of hydrogen-bond donors (Lipinski definition) is 1. The number of rotatable bonds is 6. The van der Waals surface area contributed by atoms with E-state index in [1.165, 1.54) is 22.9 Å². The second kappa shape index (κ2) is 9.28. The minimum atomic E-state index is -2.81. The number of amides is 1. The molecule has 0 aliphatic carbocycles. The van der Waals surface area contributed by atoms with Gasteiger partial charge in [0.25, 0.3) is 12.3 Å². The van der Waals surface area contributed by atoms with Crippen molar-refractivity contribution in [3.63, 3.8) is 0 Å². The number of benzene rings is 1. The summed E-state index contributed by atoms with van der Waals surface area (Å²) < 4.78 is 34.1. The van der Waals surface area contributed by atoms with Gasteiger partial charge < -0.3 is 15.4 Å². The van der Waals surface area contributed by atoms with E-state index >= 15 is 0 Å². The minimum absolute atomic E-state index is 0.116. The predicted octanol–water partition coefficient (Wildman–Crippen LogP) is 3.16. The molecule has 2 aromatic rings. The van der Waals surface area contributed by atoms with Gasteiger partial charge in [-0.25, -0.2) is 13.6 Å². The smallest absolute Gasteiger partial charge is 0.356 e. The van der Waals surface area contributed by atoms with Gasteiger partial charge in [0.05, 0.1) is 41.5 Å². The highest BCUT2D eigenvalue weighted by molar-refractivity contribution is 6.42. The van der Waals surface area contributed by atoms with Crippen LogP contribution in [-0.2, 0) is 24.2 Å². The minimum Gasteiger partial charge on any atom is -0.461 e. The van der Waals surface area contributed by atoms with Crippen molar-refractivity contribution in [2.75, 3.05) is 13.2 Å². The summed E-state index contributed by atoms with van der Waals surface area (Å²) in [6, 6.07) is 2.76. The fourth-order valence-electron chi connectivity index (χ4n) is 3.43. The molecule has 30 heavy (non-hydrogen) atoms. The molecular formula is C19H20Cl2F2N4O3. The molecule has 0 spiro atoms. The average Bonchev–Trinajstić information content (AvgIpc) is 3.06. The molecule has 1 aliphatic heterocycles. The van der Waals surface area contributed by atoms with Crippen LogP contribution in [0.15, 0.2) is 18.2 Å². The Bertz CT molecular complexity index is 967. The third-order valence-electron chi connectivity index (χ3n) is 4.79. The first-order chi connectivity index (χ1) is 14.3. The fraction of sp³-hybridized carbons (Fsp3) is 0.421. The molecule has 162 valence electrons. The van der Waals surface area contributed by atoms with E-state index < -0.39 is 24.3 Å². The molecule has 1 atom stereocenters. The maximum absolute atomic E-state index is 13.8. The van der Waals surface area contributed by atoms with Gasteiger partial charge >= 0.3 is 5.97 Å². The Kier molecular flexibility index (Phi) is 6.95. The van der Waals surface area contributed by atoms with Gasteiger partial charge in [-0.15, -0.1) is 0 Å². The molecule has 1 unspecified atom stereocenters. The number of fused-ring (bicyclic) bond motifs is 1. The van der Waals surface area contributed by atoms with E-state index in [1.807, 2.05) is 0 Å². The van der Waals surface area contributed by atoms with Crippen molar-refractivity contribution in [3.05, 3.63) is 50.8 Å². The SMILES string of the molecule is CCOC(=O)c1c2c(nn1CCN)CC(C(F)F)N(C(=O)c1ccc(Cl)c(Cl)c1)C2. The van der Waals surface area contributed by atoms with Gasteiger partial charge in [0.1, 0.15) is 0 Å². The van der Waals surface area contributed by atoms with Crippen molar-refractivity contribution in [1.82, 2.24) is 14.7 Å². The van der Waals surface area contributed by atoms with Gasteiger partial charge in [0.15, 0.2) is 5.69 Å². The number of carbonyl (C=O) groups is 2. The molecule has 1 aliphatic rings. The molecule has 2 N–H and O–H groups in total. The standard InChI is InChI=1S/C19H20Cl2F2N4O3/c1-2-30-19(29)16-11-9-26(18(28)10-3-4-12(20)13(21)7-10)15(17(22)23)8-14(11)25-27(16)6-5-24/h3-4,7,15,17H,2,5-6,8-9,24H2,1H3. The van der Waals surface area contributed by atoms with E-state index in [-0.39, 0.29) is 54.0 Å². The monoisotopic (exact) mass is 460 g/mol. The number of halogens is 4. The zero-order valence-electron chi connectivity index (χ0n) is 16.1. The third-order valence-corrected chi connectivity index (χ3v) is 5.53. The number of carbonyl (C=O) groups excluding carboxylic acids is 2. The van der Waals surface area contributed by atoms with E-state index in [0.717, 1.165) is 4.90 Å². The van der Waals surface area contributed by atoms with Crippen molar-refractivity contribution >= 4 is 35.1 Å². The Hall–Kier alpha value is -2.23. The van der Waals surface area contributed by atoms with Crippen LogP contribution in [0.3, 0.4) is 0 Å². The van der Waals surface area contributed by atoms with Crippen molar-refractivity contribution in [2.24, 2.45) is 5.73 Å². The van der Waals surface area contributed by atoms with E-state index in [0.29, 0.717) is 11.3 Å². The molecule has 1 aromatic carbocycles. The number of aromatic nitrogens is 2. The highest BCUT2D eigenvalue weighted by Gasteiger charge is 2.40. The fourth-order valence-corrected chi connectivity index (χ4v) is 3.73. The maximum atomic E-state index is 13.8. The molecule has 11 heteroatoms. The molecule has 0 saturated heterocycles. The Morgan fingerprint density at radius 1 is 1.33 bits per heavy atom. The summed E-state index contributed by atoms with van der Waals surface area (Å²) in [6.45, 7) is 1.97. The Balaban J connectivity index is 2.04. The number of hydrogen-bond acceptors (Lipinski definition) is 5. The molecule has 2 heterocycles. The first-order valence-electron chi connectivity index (χ1n) is 9.28. The summed E-state index contributed by atoms with van der Waals surface area (Å²) in [5, 5.41) is 4.67. The lowest BCUT2D eigenvalue weighted by Crippen LogP contribution is -2.48. The number of nitrogens with zero attached hydrogens (tertiary/aromatic N) is 3. The summed E-state index contributed by atoms with van der Waals surface area (Å²) in [4.78, 5) is 26.6. The second-order valence-electron chi connectivity index (χ2n) is 6.67. The molecule has 1 amide bonds. The van der Waals surface area contributed by atoms with Crippen LogP contribution in [0.1, 0.15) is 39.0 Å². The van der Waals surface area contributed by atoms with Gasteiger partial charge in [-0.2, -0.15) is 5.10 Å². The van der Waals surface area contributed by atoms with Crippen LogP contribution in [0.2, 0.25) is 10.0 Å². The first-order valence-corrected chi connectivity index (χ1v) is 10.0. The molecule has 1 aromatic heterocycles. The Morgan fingerprint density at radius 3 is 2.67 bits per heavy atom. The lowest BCUT2D eigenvalue weighted by Gasteiger charge is -2.35. The summed E-state index contributed by atoms with van der Waals surface area (Å²) in [5.74, 6) is -1.29. The lowest BCUT2D eigenvalue weighted by molar-refractivity contribution is 0.0135. The van der Waals surface area contributed by atoms with Crippen LogP contribution < -0.4 is 5.73 Å². The average molecular weight is 461 g/mol. The Morgan fingerprint density at radius 2 is 2.07 bits per heavy atom. The summed E-state index contributed by atoms with van der Waals surface area (Å²) >= 11 is 11.9. The Labute approximate surface area is 181 Å². The van der Waals surface area contributed by atoms with Gasteiger partial charge in [-0.05, 0) is 25.1 Å². The summed E-state index contributed by atoms with van der Waals surface area (Å²) in [5.41, 5.74) is 6.54. The van der Waals surface area contributed by atoms with Crippen LogP contribution in [-0.4, -0.2) is 52.2 Å². The molecule has 0 bridgehead atoms. The van der Waals surface area contributed by atoms with Crippen LogP contribution in [0, 0.1) is 0 Å². The zero-order valence-corrected chi connectivity index (χ0v) is 17.6. The molecular weight excluding hydrogens is 441 g/mol. The number of nitrogens with two attached hydrogens (primary N) is 1. The molecule has 0 saturated carbocycles. The topological polar surface area (TPSA) is 90.4 Å². The van der Waals surface area contributed by atoms with E-state index in [1.54, 1.807) is 6.92 Å². The quantitative estimate of drug-likeness (QED) is 0.668. The summed E-state index contributed by atoms with van der Waals surface area (Å²) in [7, 11) is 0. The highest BCUT2D eigenvalue weighted by atomic mass is 35.5. The van der Waals surface area contributed by atoms with Crippen molar-refractivity contribution in [1.29, 1.82) is 0 Å². The normalized spacial score (nSPS) is 16.0. The first kappa shape index (κ1) is 22.5. The maximum Gasteiger partial charge on any atom is 0.356 e.